The predicted octanol–water partition coefficient (Wildman–Crippen LogP) is 3.92. The van der Waals surface area contributed by atoms with Gasteiger partial charge in [0.15, 0.2) is 5.96 Å². The Labute approximate surface area is 155 Å². The summed E-state index contributed by atoms with van der Waals surface area (Å²) < 4.78 is 0. The van der Waals surface area contributed by atoms with E-state index in [2.05, 4.69) is 70.0 Å². The summed E-state index contributed by atoms with van der Waals surface area (Å²) in [5.74, 6) is 0.825. The summed E-state index contributed by atoms with van der Waals surface area (Å²) in [5, 5.41) is 8.07. The van der Waals surface area contributed by atoms with E-state index in [9.17, 15) is 0 Å². The maximum atomic E-state index is 4.42. The lowest BCUT2D eigenvalue weighted by Crippen LogP contribution is -2.42. The van der Waals surface area contributed by atoms with Crippen LogP contribution in [0.4, 0.5) is 0 Å². The lowest BCUT2D eigenvalue weighted by atomic mass is 10.1. The van der Waals surface area contributed by atoms with Gasteiger partial charge in [-0.15, -0.1) is 0 Å². The molecule has 1 atom stereocenters. The molecule has 134 valence electrons. The second-order valence-corrected chi connectivity index (χ2v) is 6.48. The number of pyridine rings is 1. The molecule has 0 aliphatic carbocycles. The number of aromatic nitrogens is 1. The normalized spacial score (nSPS) is 12.8. The number of hydrogen-bond donors (Lipinski definition) is 2. The van der Waals surface area contributed by atoms with Crippen LogP contribution in [0.2, 0.25) is 0 Å². The van der Waals surface area contributed by atoms with E-state index in [0.29, 0.717) is 12.6 Å². The molecule has 2 aromatic carbocycles. The summed E-state index contributed by atoms with van der Waals surface area (Å²) >= 11 is 0. The van der Waals surface area contributed by atoms with Crippen molar-refractivity contribution >= 4 is 16.9 Å². The fraction of sp³-hybridized carbons (Fsp3) is 0.273. The number of benzene rings is 2. The lowest BCUT2D eigenvalue weighted by Gasteiger charge is -2.18. The second-order valence-electron chi connectivity index (χ2n) is 6.48. The minimum absolute atomic E-state index is 0.343. The Kier molecular flexibility index (Phi) is 6.20. The number of nitrogens with zero attached hydrogens (tertiary/aromatic N) is 2. The number of rotatable bonds is 6. The second kappa shape index (κ2) is 8.99. The lowest BCUT2D eigenvalue weighted by molar-refractivity contribution is 0.593. The maximum absolute atomic E-state index is 4.42. The van der Waals surface area contributed by atoms with Gasteiger partial charge in [0, 0.05) is 31.2 Å². The first-order valence-corrected chi connectivity index (χ1v) is 9.10. The highest BCUT2D eigenvalue weighted by atomic mass is 15.2. The van der Waals surface area contributed by atoms with Crippen LogP contribution in [0.5, 0.6) is 0 Å². The molecule has 0 aliphatic heterocycles. The number of hydrogen-bond acceptors (Lipinski definition) is 2. The number of nitrogens with one attached hydrogen (secondary N) is 2. The molecule has 0 saturated carbocycles. The van der Waals surface area contributed by atoms with Crippen LogP contribution in [-0.2, 0) is 13.0 Å². The highest BCUT2D eigenvalue weighted by Crippen LogP contribution is 2.15. The Bertz CT molecular complexity index is 853. The number of aliphatic imine (C=N–C) groups is 1. The molecule has 0 saturated heterocycles. The molecule has 1 unspecified atom stereocenters. The van der Waals surface area contributed by atoms with Gasteiger partial charge < -0.3 is 10.6 Å². The summed E-state index contributed by atoms with van der Waals surface area (Å²) in [4.78, 5) is 8.77. The molecule has 4 heteroatoms. The first-order chi connectivity index (χ1) is 12.8. The molecule has 4 nitrogen and oxygen atoms in total. The average Bonchev–Trinajstić information content (AvgIpc) is 2.70. The number of guanidine groups is 1. The molecule has 0 radical (unpaired) electrons. The average molecular weight is 346 g/mol. The van der Waals surface area contributed by atoms with Crippen molar-refractivity contribution in [2.75, 3.05) is 7.05 Å². The van der Waals surface area contributed by atoms with Gasteiger partial charge in [0.1, 0.15) is 0 Å². The monoisotopic (exact) mass is 346 g/mol. The van der Waals surface area contributed by atoms with E-state index >= 15 is 0 Å². The zero-order valence-electron chi connectivity index (χ0n) is 15.4. The van der Waals surface area contributed by atoms with Crippen LogP contribution in [0.1, 0.15) is 24.5 Å². The topological polar surface area (TPSA) is 49.3 Å². The van der Waals surface area contributed by atoms with E-state index in [1.165, 1.54) is 16.5 Å². The molecule has 0 aliphatic rings. The van der Waals surface area contributed by atoms with Crippen molar-refractivity contribution in [3.63, 3.8) is 0 Å². The van der Waals surface area contributed by atoms with E-state index < -0.39 is 0 Å². The van der Waals surface area contributed by atoms with Crippen LogP contribution >= 0.6 is 0 Å². The summed E-state index contributed by atoms with van der Waals surface area (Å²) in [6, 6.07) is 21.2. The van der Waals surface area contributed by atoms with E-state index in [1.54, 1.807) is 0 Å². The third kappa shape index (κ3) is 4.82. The van der Waals surface area contributed by atoms with Gasteiger partial charge in [-0.2, -0.15) is 0 Å². The Morgan fingerprint density at radius 1 is 1.04 bits per heavy atom. The zero-order chi connectivity index (χ0) is 18.2. The van der Waals surface area contributed by atoms with Gasteiger partial charge in [-0.25, -0.2) is 0 Å². The molecule has 3 rings (SSSR count). The van der Waals surface area contributed by atoms with Crippen LogP contribution < -0.4 is 10.6 Å². The van der Waals surface area contributed by atoms with Gasteiger partial charge in [0.2, 0.25) is 0 Å². The minimum Gasteiger partial charge on any atom is -0.354 e. The summed E-state index contributed by atoms with van der Waals surface area (Å²) in [6.07, 6.45) is 3.97. The fourth-order valence-corrected chi connectivity index (χ4v) is 3.02. The Morgan fingerprint density at radius 3 is 2.62 bits per heavy atom. The summed E-state index contributed by atoms with van der Waals surface area (Å²) in [5.41, 5.74) is 3.61. The van der Waals surface area contributed by atoms with Gasteiger partial charge in [0.05, 0.1) is 5.52 Å². The van der Waals surface area contributed by atoms with E-state index in [-0.39, 0.29) is 0 Å². The molecule has 26 heavy (non-hydrogen) atoms. The van der Waals surface area contributed by atoms with Crippen molar-refractivity contribution in [1.82, 2.24) is 15.6 Å². The molecule has 1 heterocycles. The zero-order valence-corrected chi connectivity index (χ0v) is 15.4. The number of para-hydroxylation sites is 1. The third-order valence-electron chi connectivity index (χ3n) is 4.50. The molecular weight excluding hydrogens is 320 g/mol. The van der Waals surface area contributed by atoms with Crippen molar-refractivity contribution in [1.29, 1.82) is 0 Å². The molecule has 3 aromatic rings. The Hall–Kier alpha value is -2.88. The Balaban J connectivity index is 1.54. The van der Waals surface area contributed by atoms with Gasteiger partial charge in [-0.3, -0.25) is 9.98 Å². The smallest absolute Gasteiger partial charge is 0.191 e. The van der Waals surface area contributed by atoms with Gasteiger partial charge >= 0.3 is 0 Å². The third-order valence-corrected chi connectivity index (χ3v) is 4.50. The summed E-state index contributed by atoms with van der Waals surface area (Å²) in [7, 11) is 1.81. The van der Waals surface area contributed by atoms with Gasteiger partial charge in [-0.1, -0.05) is 48.5 Å². The van der Waals surface area contributed by atoms with Crippen molar-refractivity contribution in [3.05, 3.63) is 78.0 Å². The highest BCUT2D eigenvalue weighted by molar-refractivity contribution is 5.83. The standard InChI is InChI=1S/C22H26N4/c1-17(12-13-18-8-4-3-5-9-18)26-22(23-2)25-16-19-14-15-24-21-11-7-6-10-20(19)21/h3-11,14-15,17H,12-13,16H2,1-2H3,(H2,23,25,26). The molecular formula is C22H26N4. The highest BCUT2D eigenvalue weighted by Gasteiger charge is 2.07. The van der Waals surface area contributed by atoms with Gasteiger partial charge in [-0.05, 0) is 43.0 Å². The number of aryl methyl sites for hydroxylation is 1. The minimum atomic E-state index is 0.343. The first kappa shape index (κ1) is 17.9. The fourth-order valence-electron chi connectivity index (χ4n) is 3.02. The predicted molar refractivity (Wildman–Crippen MR) is 109 cm³/mol. The van der Waals surface area contributed by atoms with E-state index in [1.807, 2.05) is 31.4 Å². The van der Waals surface area contributed by atoms with Crippen molar-refractivity contribution < 1.29 is 0 Å². The van der Waals surface area contributed by atoms with Crippen LogP contribution in [0, 0.1) is 0 Å². The van der Waals surface area contributed by atoms with Crippen LogP contribution in [0.25, 0.3) is 10.9 Å². The maximum Gasteiger partial charge on any atom is 0.191 e. The van der Waals surface area contributed by atoms with E-state index in [4.69, 9.17) is 0 Å². The number of fused-ring (bicyclic) bond motifs is 1. The molecule has 2 N–H and O–H groups in total. The summed E-state index contributed by atoms with van der Waals surface area (Å²) in [6.45, 7) is 2.91. The Morgan fingerprint density at radius 2 is 1.81 bits per heavy atom. The molecule has 0 amide bonds. The van der Waals surface area contributed by atoms with Crippen molar-refractivity contribution in [2.24, 2.45) is 4.99 Å². The van der Waals surface area contributed by atoms with Crippen LogP contribution in [-0.4, -0.2) is 24.0 Å². The first-order valence-electron chi connectivity index (χ1n) is 9.10. The van der Waals surface area contributed by atoms with E-state index in [0.717, 1.165) is 24.3 Å². The largest absolute Gasteiger partial charge is 0.354 e. The van der Waals surface area contributed by atoms with Crippen molar-refractivity contribution in [2.45, 2.75) is 32.4 Å². The molecule has 0 fully saturated rings. The van der Waals surface area contributed by atoms with Crippen molar-refractivity contribution in [3.8, 4) is 0 Å². The molecule has 0 spiro atoms. The molecule has 1 aromatic heterocycles. The van der Waals surface area contributed by atoms with Crippen LogP contribution in [0.15, 0.2) is 71.9 Å². The SMILES string of the molecule is CN=C(NCc1ccnc2ccccc12)NC(C)CCc1ccccc1. The molecule has 0 bridgehead atoms. The quantitative estimate of drug-likeness (QED) is 0.525. The van der Waals surface area contributed by atoms with Gasteiger partial charge in [0.25, 0.3) is 0 Å². The van der Waals surface area contributed by atoms with Crippen LogP contribution in [0.3, 0.4) is 0 Å².